The van der Waals surface area contributed by atoms with Gasteiger partial charge in [0.15, 0.2) is 0 Å². The summed E-state index contributed by atoms with van der Waals surface area (Å²) in [5.74, 6) is -0.138. The van der Waals surface area contributed by atoms with Gasteiger partial charge in [-0.15, -0.1) is 0 Å². The SMILES string of the molecule is Cc1cc(C)c(NC(=O)CNc2ccc(C#N)c(Cl)c2)c(C)c1. The average Bonchev–Trinajstić information content (AvgIpc) is 2.49. The molecule has 2 aromatic carbocycles. The predicted octanol–water partition coefficient (Wildman–Crippen LogP) is 4.19. The molecule has 0 aliphatic carbocycles. The number of hydrogen-bond acceptors (Lipinski definition) is 3. The first-order chi connectivity index (χ1) is 10.9. The molecule has 0 heterocycles. The molecule has 118 valence electrons. The lowest BCUT2D eigenvalue weighted by atomic mass is 10.1. The Bertz CT molecular complexity index is 770. The van der Waals surface area contributed by atoms with Crippen molar-refractivity contribution in [2.45, 2.75) is 20.8 Å². The molecule has 5 heteroatoms. The lowest BCUT2D eigenvalue weighted by Gasteiger charge is -2.13. The van der Waals surface area contributed by atoms with Gasteiger partial charge in [-0.3, -0.25) is 4.79 Å². The van der Waals surface area contributed by atoms with Gasteiger partial charge >= 0.3 is 0 Å². The van der Waals surface area contributed by atoms with E-state index in [9.17, 15) is 4.79 Å². The Morgan fingerprint density at radius 3 is 2.39 bits per heavy atom. The Balaban J connectivity index is 2.01. The number of benzene rings is 2. The molecular formula is C18H18ClN3O. The molecule has 2 N–H and O–H groups in total. The predicted molar refractivity (Wildman–Crippen MR) is 93.9 cm³/mol. The summed E-state index contributed by atoms with van der Waals surface area (Å²) < 4.78 is 0. The van der Waals surface area contributed by atoms with Crippen LogP contribution >= 0.6 is 11.6 Å². The van der Waals surface area contributed by atoms with Crippen molar-refractivity contribution < 1.29 is 4.79 Å². The summed E-state index contributed by atoms with van der Waals surface area (Å²) >= 11 is 5.97. The van der Waals surface area contributed by atoms with Gasteiger partial charge in [-0.1, -0.05) is 29.3 Å². The number of aryl methyl sites for hydroxylation is 3. The van der Waals surface area contributed by atoms with E-state index in [-0.39, 0.29) is 12.5 Å². The maximum absolute atomic E-state index is 12.1. The van der Waals surface area contributed by atoms with Crippen LogP contribution in [0.1, 0.15) is 22.3 Å². The van der Waals surface area contributed by atoms with E-state index in [0.29, 0.717) is 16.3 Å². The molecule has 1 amide bonds. The maximum Gasteiger partial charge on any atom is 0.243 e. The molecule has 0 aromatic heterocycles. The standard InChI is InChI=1S/C18H18ClN3O/c1-11-6-12(2)18(13(3)7-11)22-17(23)10-21-15-5-4-14(9-20)16(19)8-15/h4-8,21H,10H2,1-3H3,(H,22,23). The zero-order chi connectivity index (χ0) is 17.0. The Kier molecular flexibility index (Phi) is 5.25. The van der Waals surface area contributed by atoms with Gasteiger partial charge in [-0.25, -0.2) is 0 Å². The lowest BCUT2D eigenvalue weighted by Crippen LogP contribution is -2.22. The minimum Gasteiger partial charge on any atom is -0.376 e. The van der Waals surface area contributed by atoms with Crippen molar-refractivity contribution in [1.29, 1.82) is 5.26 Å². The number of nitriles is 1. The van der Waals surface area contributed by atoms with Crippen molar-refractivity contribution in [3.8, 4) is 6.07 Å². The fourth-order valence-corrected chi connectivity index (χ4v) is 2.68. The quantitative estimate of drug-likeness (QED) is 0.885. The van der Waals surface area contributed by atoms with Gasteiger partial charge in [-0.2, -0.15) is 5.26 Å². The number of amides is 1. The Morgan fingerprint density at radius 2 is 1.83 bits per heavy atom. The lowest BCUT2D eigenvalue weighted by molar-refractivity contribution is -0.114. The highest BCUT2D eigenvalue weighted by atomic mass is 35.5. The monoisotopic (exact) mass is 327 g/mol. The van der Waals surface area contributed by atoms with E-state index in [4.69, 9.17) is 16.9 Å². The highest BCUT2D eigenvalue weighted by Gasteiger charge is 2.08. The van der Waals surface area contributed by atoms with Crippen molar-refractivity contribution in [3.63, 3.8) is 0 Å². The zero-order valence-corrected chi connectivity index (χ0v) is 14.1. The minimum absolute atomic E-state index is 0.120. The minimum atomic E-state index is -0.138. The maximum atomic E-state index is 12.1. The van der Waals surface area contributed by atoms with Crippen molar-refractivity contribution in [2.75, 3.05) is 17.2 Å². The van der Waals surface area contributed by atoms with E-state index in [2.05, 4.69) is 10.6 Å². The van der Waals surface area contributed by atoms with Crippen molar-refractivity contribution >= 4 is 28.9 Å². The van der Waals surface area contributed by atoms with Crippen molar-refractivity contribution in [3.05, 3.63) is 57.6 Å². The summed E-state index contributed by atoms with van der Waals surface area (Å²) in [5.41, 5.74) is 5.20. The summed E-state index contributed by atoms with van der Waals surface area (Å²) in [6.45, 7) is 6.10. The first kappa shape index (κ1) is 16.9. The highest BCUT2D eigenvalue weighted by Crippen LogP contribution is 2.22. The number of rotatable bonds is 4. The van der Waals surface area contributed by atoms with Crippen LogP contribution in [-0.4, -0.2) is 12.5 Å². The first-order valence-corrected chi connectivity index (χ1v) is 7.59. The molecule has 0 radical (unpaired) electrons. The van der Waals surface area contributed by atoms with Gasteiger partial charge in [0.2, 0.25) is 5.91 Å². The topological polar surface area (TPSA) is 64.9 Å². The molecule has 0 saturated carbocycles. The van der Waals surface area contributed by atoms with Crippen LogP contribution in [0.2, 0.25) is 5.02 Å². The van der Waals surface area contributed by atoms with Gasteiger partial charge < -0.3 is 10.6 Å². The highest BCUT2D eigenvalue weighted by molar-refractivity contribution is 6.32. The van der Waals surface area contributed by atoms with Crippen LogP contribution in [0.4, 0.5) is 11.4 Å². The normalized spacial score (nSPS) is 10.0. The van der Waals surface area contributed by atoms with Crippen LogP contribution in [-0.2, 0) is 4.79 Å². The molecule has 2 aromatic rings. The molecule has 0 aliphatic heterocycles. The third-order valence-corrected chi connectivity index (χ3v) is 3.80. The van der Waals surface area contributed by atoms with E-state index in [1.54, 1.807) is 18.2 Å². The second-order valence-electron chi connectivity index (χ2n) is 5.48. The zero-order valence-electron chi connectivity index (χ0n) is 13.3. The Morgan fingerprint density at radius 1 is 1.17 bits per heavy atom. The van der Waals surface area contributed by atoms with Gasteiger partial charge in [0, 0.05) is 11.4 Å². The number of carbonyl (C=O) groups excluding carboxylic acids is 1. The summed E-state index contributed by atoms with van der Waals surface area (Å²) in [6.07, 6.45) is 0. The van der Waals surface area contributed by atoms with Crippen LogP contribution in [0.5, 0.6) is 0 Å². The molecule has 0 bridgehead atoms. The third kappa shape index (κ3) is 4.24. The summed E-state index contributed by atoms with van der Waals surface area (Å²) in [4.78, 5) is 12.1. The molecular weight excluding hydrogens is 310 g/mol. The number of carbonyl (C=O) groups is 1. The number of halogens is 1. The fraction of sp³-hybridized carbons (Fsp3) is 0.222. The number of nitrogens with one attached hydrogen (secondary N) is 2. The van der Waals surface area contributed by atoms with Crippen LogP contribution in [0.25, 0.3) is 0 Å². The summed E-state index contributed by atoms with van der Waals surface area (Å²) in [5, 5.41) is 15.1. The van der Waals surface area contributed by atoms with Crippen molar-refractivity contribution in [1.82, 2.24) is 0 Å². The molecule has 0 saturated heterocycles. The molecule has 23 heavy (non-hydrogen) atoms. The van der Waals surface area contributed by atoms with Crippen molar-refractivity contribution in [2.24, 2.45) is 0 Å². The Hall–Kier alpha value is -2.51. The van der Waals surface area contributed by atoms with Gasteiger partial charge in [0.05, 0.1) is 17.1 Å². The fourth-order valence-electron chi connectivity index (χ4n) is 2.46. The second kappa shape index (κ2) is 7.17. The number of nitrogens with zero attached hydrogens (tertiary/aromatic N) is 1. The van der Waals surface area contributed by atoms with E-state index in [1.165, 1.54) is 5.56 Å². The Labute approximate surface area is 141 Å². The first-order valence-electron chi connectivity index (χ1n) is 7.22. The second-order valence-corrected chi connectivity index (χ2v) is 5.89. The number of anilines is 2. The molecule has 0 fully saturated rings. The molecule has 0 aliphatic rings. The van der Waals surface area contributed by atoms with E-state index >= 15 is 0 Å². The molecule has 0 unspecified atom stereocenters. The van der Waals surface area contributed by atoms with Gasteiger partial charge in [-0.05, 0) is 50.1 Å². The largest absolute Gasteiger partial charge is 0.376 e. The van der Waals surface area contributed by atoms with Crippen LogP contribution in [0, 0.1) is 32.1 Å². The van der Waals surface area contributed by atoms with Crippen LogP contribution in [0.15, 0.2) is 30.3 Å². The average molecular weight is 328 g/mol. The molecule has 2 rings (SSSR count). The van der Waals surface area contributed by atoms with Gasteiger partial charge in [0.1, 0.15) is 6.07 Å². The molecule has 0 atom stereocenters. The summed E-state index contributed by atoms with van der Waals surface area (Å²) in [7, 11) is 0. The summed E-state index contributed by atoms with van der Waals surface area (Å²) in [6, 6.07) is 11.1. The van der Waals surface area contributed by atoms with E-state index in [0.717, 1.165) is 16.8 Å². The third-order valence-electron chi connectivity index (χ3n) is 3.48. The van der Waals surface area contributed by atoms with Crippen LogP contribution in [0.3, 0.4) is 0 Å². The molecule has 4 nitrogen and oxygen atoms in total. The van der Waals surface area contributed by atoms with Crippen LogP contribution < -0.4 is 10.6 Å². The van der Waals surface area contributed by atoms with E-state index < -0.39 is 0 Å². The van der Waals surface area contributed by atoms with Gasteiger partial charge in [0.25, 0.3) is 0 Å². The molecule has 0 spiro atoms. The van der Waals surface area contributed by atoms with E-state index in [1.807, 2.05) is 39.0 Å². The number of hydrogen-bond donors (Lipinski definition) is 2. The smallest absolute Gasteiger partial charge is 0.243 e.